The van der Waals surface area contributed by atoms with E-state index >= 15 is 0 Å². The van der Waals surface area contributed by atoms with Crippen molar-refractivity contribution in [2.75, 3.05) is 6.54 Å². The van der Waals surface area contributed by atoms with Gasteiger partial charge in [-0.1, -0.05) is 13.8 Å². The normalized spacial score (nSPS) is 27.3. The van der Waals surface area contributed by atoms with Gasteiger partial charge in [-0.15, -0.1) is 12.4 Å². The van der Waals surface area contributed by atoms with Crippen LogP contribution >= 0.6 is 12.4 Å². The lowest BCUT2D eigenvalue weighted by atomic mass is 10.1. The molecule has 3 N–H and O–H groups in total. The molecular formula is C10H21ClN2O2. The zero-order chi connectivity index (χ0) is 10.7. The molecule has 1 rings (SSSR count). The fourth-order valence-corrected chi connectivity index (χ4v) is 1.41. The van der Waals surface area contributed by atoms with Gasteiger partial charge in [0.05, 0.1) is 12.1 Å². The van der Waals surface area contributed by atoms with E-state index < -0.39 is 0 Å². The largest absolute Gasteiger partial charge is 0.392 e. The average Bonchev–Trinajstić information content (AvgIpc) is 2.51. The number of carbonyl (C=O) groups excluding carboxylic acids is 1. The minimum Gasteiger partial charge on any atom is -0.392 e. The van der Waals surface area contributed by atoms with Gasteiger partial charge in [0.15, 0.2) is 0 Å². The molecule has 1 amide bonds. The van der Waals surface area contributed by atoms with Crippen LogP contribution in [0.2, 0.25) is 0 Å². The van der Waals surface area contributed by atoms with Gasteiger partial charge in [0.1, 0.15) is 0 Å². The maximum Gasteiger partial charge on any atom is 0.237 e. The number of hydrogen-bond donors (Lipinski definition) is 3. The van der Waals surface area contributed by atoms with Gasteiger partial charge >= 0.3 is 0 Å². The van der Waals surface area contributed by atoms with Gasteiger partial charge < -0.3 is 15.7 Å². The number of nitrogens with one attached hydrogen (secondary N) is 2. The van der Waals surface area contributed by atoms with Crippen LogP contribution in [0.4, 0.5) is 0 Å². The quantitative estimate of drug-likeness (QED) is 0.660. The third-order valence-electron chi connectivity index (χ3n) is 2.79. The summed E-state index contributed by atoms with van der Waals surface area (Å²) in [6, 6.07) is -0.0340. The van der Waals surface area contributed by atoms with Crippen molar-refractivity contribution in [1.29, 1.82) is 0 Å². The third kappa shape index (κ3) is 4.36. The Morgan fingerprint density at radius 3 is 2.47 bits per heavy atom. The topological polar surface area (TPSA) is 61.4 Å². The summed E-state index contributed by atoms with van der Waals surface area (Å²) in [6.45, 7) is 6.66. The van der Waals surface area contributed by atoms with E-state index in [4.69, 9.17) is 0 Å². The number of β-amino-alcohol motifs (C(OH)–C–C–N with tert-alkyl or cyclic N) is 1. The Morgan fingerprint density at radius 2 is 2.07 bits per heavy atom. The van der Waals surface area contributed by atoms with E-state index in [9.17, 15) is 9.90 Å². The highest BCUT2D eigenvalue weighted by atomic mass is 35.5. The van der Waals surface area contributed by atoms with E-state index in [2.05, 4.69) is 24.5 Å². The fraction of sp³-hybridized carbons (Fsp3) is 0.900. The smallest absolute Gasteiger partial charge is 0.237 e. The number of hydrogen-bond acceptors (Lipinski definition) is 3. The summed E-state index contributed by atoms with van der Waals surface area (Å²) in [5.41, 5.74) is 0. The maximum atomic E-state index is 11.6. The highest BCUT2D eigenvalue weighted by Crippen LogP contribution is 2.07. The highest BCUT2D eigenvalue weighted by Gasteiger charge is 2.28. The molecule has 3 atom stereocenters. The van der Waals surface area contributed by atoms with Crippen LogP contribution in [0.25, 0.3) is 0 Å². The Morgan fingerprint density at radius 1 is 1.47 bits per heavy atom. The molecule has 0 spiro atoms. The fourth-order valence-electron chi connectivity index (χ4n) is 1.41. The second kappa shape index (κ2) is 6.30. The van der Waals surface area contributed by atoms with Crippen LogP contribution in [0.5, 0.6) is 0 Å². The van der Waals surface area contributed by atoms with E-state index in [0.717, 1.165) is 0 Å². The Hall–Kier alpha value is -0.320. The van der Waals surface area contributed by atoms with Gasteiger partial charge in [-0.05, 0) is 19.3 Å². The summed E-state index contributed by atoms with van der Waals surface area (Å²) in [5.74, 6) is 0.438. The molecular weight excluding hydrogens is 216 g/mol. The molecule has 1 unspecified atom stereocenters. The molecule has 1 fully saturated rings. The molecule has 90 valence electrons. The van der Waals surface area contributed by atoms with Gasteiger partial charge in [-0.25, -0.2) is 0 Å². The minimum absolute atomic E-state index is 0. The van der Waals surface area contributed by atoms with Gasteiger partial charge in [0, 0.05) is 12.6 Å². The van der Waals surface area contributed by atoms with Crippen molar-refractivity contribution in [3.05, 3.63) is 0 Å². The van der Waals surface area contributed by atoms with Crippen molar-refractivity contribution >= 4 is 18.3 Å². The van der Waals surface area contributed by atoms with Crippen molar-refractivity contribution < 1.29 is 9.90 Å². The first-order valence-corrected chi connectivity index (χ1v) is 5.22. The predicted molar refractivity (Wildman–Crippen MR) is 62.1 cm³/mol. The zero-order valence-corrected chi connectivity index (χ0v) is 10.3. The van der Waals surface area contributed by atoms with E-state index in [1.807, 2.05) is 6.92 Å². The Bertz CT molecular complexity index is 212. The summed E-state index contributed by atoms with van der Waals surface area (Å²) >= 11 is 0. The van der Waals surface area contributed by atoms with Gasteiger partial charge in [-0.3, -0.25) is 4.79 Å². The summed E-state index contributed by atoms with van der Waals surface area (Å²) < 4.78 is 0. The molecule has 1 aliphatic rings. The highest BCUT2D eigenvalue weighted by molar-refractivity contribution is 5.85. The van der Waals surface area contributed by atoms with Crippen molar-refractivity contribution in [2.24, 2.45) is 5.92 Å². The molecule has 0 aromatic heterocycles. The SMILES string of the molecule is CC(C)C(C)NC(=O)[C@H]1C[C@@H](O)CN1.Cl. The third-order valence-corrected chi connectivity index (χ3v) is 2.79. The van der Waals surface area contributed by atoms with E-state index in [1.165, 1.54) is 0 Å². The monoisotopic (exact) mass is 236 g/mol. The van der Waals surface area contributed by atoms with Crippen molar-refractivity contribution in [3.63, 3.8) is 0 Å². The van der Waals surface area contributed by atoms with Crippen LogP contribution in [-0.2, 0) is 4.79 Å². The molecule has 1 heterocycles. The van der Waals surface area contributed by atoms with Crippen LogP contribution in [0.15, 0.2) is 0 Å². The molecule has 1 aliphatic heterocycles. The summed E-state index contributed by atoms with van der Waals surface area (Å²) in [4.78, 5) is 11.6. The number of carbonyl (C=O) groups is 1. The maximum absolute atomic E-state index is 11.6. The van der Waals surface area contributed by atoms with E-state index in [1.54, 1.807) is 0 Å². The van der Waals surface area contributed by atoms with Crippen LogP contribution in [0, 0.1) is 5.92 Å². The van der Waals surface area contributed by atoms with Crippen LogP contribution in [0.1, 0.15) is 27.2 Å². The van der Waals surface area contributed by atoms with Crippen LogP contribution in [0.3, 0.4) is 0 Å². The van der Waals surface area contributed by atoms with Crippen LogP contribution < -0.4 is 10.6 Å². The number of aliphatic hydroxyl groups excluding tert-OH is 1. The first-order valence-electron chi connectivity index (χ1n) is 5.22. The second-order valence-corrected chi connectivity index (χ2v) is 4.39. The average molecular weight is 237 g/mol. The molecule has 4 nitrogen and oxygen atoms in total. The molecule has 15 heavy (non-hydrogen) atoms. The van der Waals surface area contributed by atoms with E-state index in [-0.39, 0.29) is 36.5 Å². The zero-order valence-electron chi connectivity index (χ0n) is 9.49. The van der Waals surface area contributed by atoms with Crippen molar-refractivity contribution in [3.8, 4) is 0 Å². The first-order chi connectivity index (χ1) is 6.50. The molecule has 0 aliphatic carbocycles. The Kier molecular flexibility index (Phi) is 6.17. The molecule has 1 saturated heterocycles. The lowest BCUT2D eigenvalue weighted by Crippen LogP contribution is -2.45. The summed E-state index contributed by atoms with van der Waals surface area (Å²) in [7, 11) is 0. The minimum atomic E-state index is -0.375. The van der Waals surface area contributed by atoms with Gasteiger partial charge in [0.25, 0.3) is 0 Å². The summed E-state index contributed by atoms with van der Waals surface area (Å²) in [6.07, 6.45) is 0.150. The first kappa shape index (κ1) is 14.7. The van der Waals surface area contributed by atoms with Crippen molar-refractivity contribution in [2.45, 2.75) is 45.4 Å². The Labute approximate surface area is 97.2 Å². The molecule has 0 aromatic rings. The molecule has 0 bridgehead atoms. The van der Waals surface area contributed by atoms with E-state index in [0.29, 0.717) is 18.9 Å². The second-order valence-electron chi connectivity index (χ2n) is 4.39. The lowest BCUT2D eigenvalue weighted by Gasteiger charge is -2.19. The predicted octanol–water partition coefficient (Wildman–Crippen LogP) is 0.292. The summed E-state index contributed by atoms with van der Waals surface area (Å²) in [5, 5.41) is 15.2. The molecule has 0 aromatic carbocycles. The molecule has 5 heteroatoms. The van der Waals surface area contributed by atoms with Crippen LogP contribution in [-0.4, -0.2) is 35.7 Å². The van der Waals surface area contributed by atoms with Gasteiger partial charge in [0.2, 0.25) is 5.91 Å². The number of aliphatic hydroxyl groups is 1. The standard InChI is InChI=1S/C10H20N2O2.ClH/c1-6(2)7(3)12-10(14)9-4-8(13)5-11-9;/h6-9,11,13H,4-5H2,1-3H3,(H,12,14);1H/t7?,8-,9-;/m1./s1. The molecule has 0 radical (unpaired) electrons. The number of rotatable bonds is 3. The number of amides is 1. The van der Waals surface area contributed by atoms with Crippen molar-refractivity contribution in [1.82, 2.24) is 10.6 Å². The van der Waals surface area contributed by atoms with Gasteiger partial charge in [-0.2, -0.15) is 0 Å². The molecule has 0 saturated carbocycles. The Balaban J connectivity index is 0.00000196. The lowest BCUT2D eigenvalue weighted by molar-refractivity contribution is -0.123. The number of halogens is 1.